The topological polar surface area (TPSA) is 113 Å². The quantitative estimate of drug-likeness (QED) is 0.275. The minimum atomic E-state index is -0.597. The predicted molar refractivity (Wildman–Crippen MR) is 147 cm³/mol. The number of aryl methyl sites for hydroxylation is 2. The summed E-state index contributed by atoms with van der Waals surface area (Å²) in [6.45, 7) is 4.10. The molecule has 0 bridgehead atoms. The lowest BCUT2D eigenvalue weighted by atomic mass is 10.1. The first-order valence-electron chi connectivity index (χ1n) is 12.2. The van der Waals surface area contributed by atoms with E-state index in [2.05, 4.69) is 20.3 Å². The number of nitrogens with one attached hydrogen (secondary N) is 1. The molecule has 0 saturated heterocycles. The van der Waals surface area contributed by atoms with Gasteiger partial charge in [0.25, 0.3) is 0 Å². The molecule has 198 valence electrons. The van der Waals surface area contributed by atoms with Crippen LogP contribution in [0.4, 0.5) is 11.5 Å². The highest BCUT2D eigenvalue weighted by Gasteiger charge is 2.21. The Morgan fingerprint density at radius 2 is 1.79 bits per heavy atom. The van der Waals surface area contributed by atoms with Gasteiger partial charge in [-0.25, -0.2) is 19.7 Å². The van der Waals surface area contributed by atoms with Crippen LogP contribution in [0.2, 0.25) is 0 Å². The van der Waals surface area contributed by atoms with Crippen LogP contribution in [-0.2, 0) is 18.4 Å². The van der Waals surface area contributed by atoms with Gasteiger partial charge in [-0.2, -0.15) is 0 Å². The zero-order valence-corrected chi connectivity index (χ0v) is 22.3. The van der Waals surface area contributed by atoms with Crippen molar-refractivity contribution >= 4 is 28.5 Å². The summed E-state index contributed by atoms with van der Waals surface area (Å²) in [6, 6.07) is 15.0. The van der Waals surface area contributed by atoms with Crippen molar-refractivity contribution in [3.05, 3.63) is 83.7 Å². The number of pyridine rings is 1. The number of esters is 1. The highest BCUT2D eigenvalue weighted by Crippen LogP contribution is 2.31. The normalized spacial score (nSPS) is 10.9. The van der Waals surface area contributed by atoms with E-state index in [4.69, 9.17) is 19.2 Å². The van der Waals surface area contributed by atoms with Crippen LogP contribution in [0.25, 0.3) is 22.3 Å². The van der Waals surface area contributed by atoms with Gasteiger partial charge >= 0.3 is 5.97 Å². The van der Waals surface area contributed by atoms with Crippen LogP contribution in [0, 0.1) is 13.8 Å². The number of carbonyl (C=O) groups excluding carboxylic acids is 1. The van der Waals surface area contributed by atoms with E-state index in [1.54, 1.807) is 19.6 Å². The molecule has 5 aromatic rings. The zero-order valence-electron chi connectivity index (χ0n) is 22.3. The van der Waals surface area contributed by atoms with Crippen LogP contribution < -0.4 is 14.8 Å². The number of carbonyl (C=O) groups is 1. The Balaban J connectivity index is 1.40. The third-order valence-electron chi connectivity index (χ3n) is 6.43. The van der Waals surface area contributed by atoms with Crippen molar-refractivity contribution in [2.75, 3.05) is 19.5 Å². The number of fused-ring (bicyclic) bond motifs is 1. The number of nitrogens with zero attached hydrogens (tertiary/aromatic N) is 5. The maximum absolute atomic E-state index is 12.7. The van der Waals surface area contributed by atoms with Gasteiger partial charge in [0, 0.05) is 30.1 Å². The molecule has 1 N–H and O–H groups in total. The van der Waals surface area contributed by atoms with Crippen molar-refractivity contribution in [1.29, 1.82) is 0 Å². The molecule has 0 aliphatic rings. The molecule has 0 fully saturated rings. The van der Waals surface area contributed by atoms with Crippen molar-refractivity contribution in [2.24, 2.45) is 7.05 Å². The number of aromatic nitrogens is 5. The van der Waals surface area contributed by atoms with Crippen molar-refractivity contribution < 1.29 is 19.0 Å². The lowest BCUT2D eigenvalue weighted by Crippen LogP contribution is -2.12. The molecule has 2 aromatic carbocycles. The summed E-state index contributed by atoms with van der Waals surface area (Å²) in [4.78, 5) is 31.0. The summed E-state index contributed by atoms with van der Waals surface area (Å²) in [5.74, 6) is 1.13. The summed E-state index contributed by atoms with van der Waals surface area (Å²) < 4.78 is 18.2. The summed E-state index contributed by atoms with van der Waals surface area (Å²) in [5.41, 5.74) is 6.25. The van der Waals surface area contributed by atoms with Crippen LogP contribution in [0.1, 0.15) is 27.4 Å². The van der Waals surface area contributed by atoms with Crippen LogP contribution in [0.5, 0.6) is 11.5 Å². The lowest BCUT2D eigenvalue weighted by molar-refractivity contribution is 0.0595. The van der Waals surface area contributed by atoms with Gasteiger partial charge in [0.15, 0.2) is 11.5 Å². The monoisotopic (exact) mass is 524 g/mol. The molecule has 0 saturated carbocycles. The minimum absolute atomic E-state index is 0.0749. The molecule has 5 rings (SSSR count). The summed E-state index contributed by atoms with van der Waals surface area (Å²) in [6.07, 6.45) is 3.44. The predicted octanol–water partition coefficient (Wildman–Crippen LogP) is 5.16. The molecule has 3 aromatic heterocycles. The minimum Gasteiger partial charge on any atom is -0.496 e. The first-order valence-corrected chi connectivity index (χ1v) is 12.2. The molecule has 0 aliphatic carbocycles. The van der Waals surface area contributed by atoms with Gasteiger partial charge in [-0.05, 0) is 50.2 Å². The van der Waals surface area contributed by atoms with Crippen LogP contribution in [0.15, 0.2) is 61.1 Å². The first kappa shape index (κ1) is 25.7. The summed E-state index contributed by atoms with van der Waals surface area (Å²) in [5, 5.41) is 3.20. The van der Waals surface area contributed by atoms with Gasteiger partial charge < -0.3 is 24.1 Å². The van der Waals surface area contributed by atoms with Crippen LogP contribution >= 0.6 is 0 Å². The molecule has 3 heterocycles. The smallest absolute Gasteiger partial charge is 0.360 e. The third kappa shape index (κ3) is 5.08. The number of para-hydroxylation sites is 1. The molecule has 39 heavy (non-hydrogen) atoms. The molecule has 0 radical (unpaired) electrons. The standard InChI is InChI=1S/C29H28N6O4/c1-17-22(30-14-13-24(17)37-4)15-39-20-11-9-19(10-12-20)33-28-27(29(36)38-5)34-25(18(2)32-28)21-7-6-8-23-26(21)31-16-35(23)3/h6-14,16H,15H2,1-5H3,(H,32,33). The molecule has 0 amide bonds. The number of anilines is 2. The Bertz CT molecular complexity index is 1660. The Morgan fingerprint density at radius 1 is 1.00 bits per heavy atom. The van der Waals surface area contributed by atoms with Gasteiger partial charge in [-0.3, -0.25) is 4.98 Å². The Morgan fingerprint density at radius 3 is 2.54 bits per heavy atom. The second-order valence-corrected chi connectivity index (χ2v) is 8.90. The van der Waals surface area contributed by atoms with Crippen LogP contribution in [-0.4, -0.2) is 44.7 Å². The second kappa shape index (κ2) is 10.8. The Hall–Kier alpha value is -4.99. The Labute approximate surface area is 225 Å². The third-order valence-corrected chi connectivity index (χ3v) is 6.43. The fourth-order valence-electron chi connectivity index (χ4n) is 4.30. The van der Waals surface area contributed by atoms with E-state index in [0.717, 1.165) is 33.6 Å². The molecule has 0 unspecified atom stereocenters. The van der Waals surface area contributed by atoms with Crippen LogP contribution in [0.3, 0.4) is 0 Å². The summed E-state index contributed by atoms with van der Waals surface area (Å²) >= 11 is 0. The average molecular weight is 525 g/mol. The van der Waals surface area contributed by atoms with E-state index >= 15 is 0 Å². The van der Waals surface area contributed by atoms with E-state index in [9.17, 15) is 4.79 Å². The van der Waals surface area contributed by atoms with Gasteiger partial charge in [0.05, 0.1) is 48.7 Å². The number of rotatable bonds is 8. The van der Waals surface area contributed by atoms with Gasteiger partial charge in [0.2, 0.25) is 0 Å². The number of ether oxygens (including phenoxy) is 3. The van der Waals surface area contributed by atoms with Gasteiger partial charge in [-0.15, -0.1) is 0 Å². The number of methoxy groups -OCH3 is 2. The number of hydrogen-bond donors (Lipinski definition) is 1. The molecule has 0 aliphatic heterocycles. The largest absolute Gasteiger partial charge is 0.496 e. The second-order valence-electron chi connectivity index (χ2n) is 8.90. The maximum atomic E-state index is 12.7. The molecular weight excluding hydrogens is 496 g/mol. The highest BCUT2D eigenvalue weighted by molar-refractivity contribution is 5.96. The van der Waals surface area contributed by atoms with E-state index in [1.165, 1.54) is 7.11 Å². The fraction of sp³-hybridized carbons (Fsp3) is 0.207. The Kier molecular flexibility index (Phi) is 7.09. The molecule has 10 heteroatoms. The van der Waals surface area contributed by atoms with E-state index in [1.807, 2.05) is 74.0 Å². The van der Waals surface area contributed by atoms with Gasteiger partial charge in [-0.1, -0.05) is 12.1 Å². The van der Waals surface area contributed by atoms with Crippen molar-refractivity contribution in [2.45, 2.75) is 20.5 Å². The number of benzene rings is 2. The fourth-order valence-corrected chi connectivity index (χ4v) is 4.30. The molecule has 0 spiro atoms. The van der Waals surface area contributed by atoms with Gasteiger partial charge in [0.1, 0.15) is 18.1 Å². The SMILES string of the molecule is COC(=O)c1nc(-c2cccc3c2ncn3C)c(C)nc1Nc1ccc(OCc2nccc(OC)c2C)cc1. The number of hydrogen-bond acceptors (Lipinski definition) is 9. The molecule has 10 nitrogen and oxygen atoms in total. The zero-order chi connectivity index (χ0) is 27.5. The van der Waals surface area contributed by atoms with E-state index in [-0.39, 0.29) is 5.69 Å². The van der Waals surface area contributed by atoms with E-state index in [0.29, 0.717) is 35.2 Å². The molecule has 0 atom stereocenters. The van der Waals surface area contributed by atoms with Crippen molar-refractivity contribution in [1.82, 2.24) is 24.5 Å². The van der Waals surface area contributed by atoms with E-state index < -0.39 is 5.97 Å². The molecular formula is C29H28N6O4. The summed E-state index contributed by atoms with van der Waals surface area (Å²) in [7, 11) is 4.87. The first-order chi connectivity index (χ1) is 18.9. The lowest BCUT2D eigenvalue weighted by Gasteiger charge is -2.14. The number of imidazole rings is 1. The highest BCUT2D eigenvalue weighted by atomic mass is 16.5. The average Bonchev–Trinajstić information content (AvgIpc) is 3.34. The van der Waals surface area contributed by atoms with Crippen molar-refractivity contribution in [3.8, 4) is 22.8 Å². The maximum Gasteiger partial charge on any atom is 0.360 e. The van der Waals surface area contributed by atoms with Crippen molar-refractivity contribution in [3.63, 3.8) is 0 Å².